The first-order valence-corrected chi connectivity index (χ1v) is 5.91. The number of rotatable bonds is 7. The van der Waals surface area contributed by atoms with Gasteiger partial charge in [0, 0.05) is 19.8 Å². The minimum Gasteiger partial charge on any atom is -0.387 e. The molecule has 102 valence electrons. The molecule has 1 aromatic rings. The molecule has 0 saturated carbocycles. The van der Waals surface area contributed by atoms with E-state index in [2.05, 4.69) is 5.32 Å². The molecule has 0 aliphatic heterocycles. The Morgan fingerprint density at radius 3 is 2.67 bits per heavy atom. The third-order valence-corrected chi connectivity index (χ3v) is 2.75. The number of aliphatic hydroxyl groups is 1. The summed E-state index contributed by atoms with van der Waals surface area (Å²) in [6.07, 6.45) is -0.0478. The molecular weight excluding hydrogens is 240 g/mol. The Hall–Kier alpha value is -1.04. The predicted molar refractivity (Wildman–Crippen MR) is 65.3 cm³/mol. The molecule has 0 aromatic heterocycles. The van der Waals surface area contributed by atoms with Crippen molar-refractivity contribution in [3.8, 4) is 0 Å². The molecule has 1 aromatic carbocycles. The van der Waals surface area contributed by atoms with Crippen LogP contribution in [0, 0.1) is 11.6 Å². The smallest absolute Gasteiger partial charge is 0.159 e. The Labute approximate surface area is 106 Å². The standard InChI is InChI=1S/C13H19F2NO2/c1-9(16-6-3-7-18-2)13(17)10-4-5-11(14)12(15)8-10/h4-5,8-9,13,16-17H,3,6-7H2,1-2H3. The number of hydrogen-bond donors (Lipinski definition) is 2. The van der Waals surface area contributed by atoms with E-state index in [1.54, 1.807) is 14.0 Å². The monoisotopic (exact) mass is 259 g/mol. The zero-order valence-electron chi connectivity index (χ0n) is 10.6. The van der Waals surface area contributed by atoms with Crippen molar-refractivity contribution in [3.63, 3.8) is 0 Å². The summed E-state index contributed by atoms with van der Waals surface area (Å²) in [5.41, 5.74) is 0.362. The van der Waals surface area contributed by atoms with Gasteiger partial charge in [0.15, 0.2) is 11.6 Å². The van der Waals surface area contributed by atoms with Crippen LogP contribution in [0.2, 0.25) is 0 Å². The highest BCUT2D eigenvalue weighted by atomic mass is 19.2. The molecule has 0 spiro atoms. The predicted octanol–water partition coefficient (Wildman–Crippen LogP) is 2.01. The Morgan fingerprint density at radius 2 is 2.06 bits per heavy atom. The number of ether oxygens (including phenoxy) is 1. The van der Waals surface area contributed by atoms with E-state index >= 15 is 0 Å². The summed E-state index contributed by atoms with van der Waals surface area (Å²) < 4.78 is 30.7. The van der Waals surface area contributed by atoms with Gasteiger partial charge in [-0.1, -0.05) is 6.07 Å². The zero-order valence-corrected chi connectivity index (χ0v) is 10.6. The molecule has 0 aliphatic rings. The lowest BCUT2D eigenvalue weighted by Crippen LogP contribution is -2.33. The van der Waals surface area contributed by atoms with E-state index in [0.717, 1.165) is 18.6 Å². The van der Waals surface area contributed by atoms with Gasteiger partial charge < -0.3 is 15.2 Å². The van der Waals surface area contributed by atoms with Crippen LogP contribution in [0.4, 0.5) is 8.78 Å². The van der Waals surface area contributed by atoms with Gasteiger partial charge in [-0.15, -0.1) is 0 Å². The third-order valence-electron chi connectivity index (χ3n) is 2.75. The second-order valence-electron chi connectivity index (χ2n) is 4.21. The van der Waals surface area contributed by atoms with Crippen molar-refractivity contribution in [3.05, 3.63) is 35.4 Å². The largest absolute Gasteiger partial charge is 0.387 e. The van der Waals surface area contributed by atoms with Crippen LogP contribution in [0.5, 0.6) is 0 Å². The third kappa shape index (κ3) is 4.33. The van der Waals surface area contributed by atoms with Gasteiger partial charge in [-0.3, -0.25) is 0 Å². The molecule has 3 nitrogen and oxygen atoms in total. The summed E-state index contributed by atoms with van der Waals surface area (Å²) in [6, 6.07) is 3.18. The number of aliphatic hydroxyl groups excluding tert-OH is 1. The minimum atomic E-state index is -0.946. The van der Waals surface area contributed by atoms with Gasteiger partial charge in [0.25, 0.3) is 0 Å². The number of nitrogens with one attached hydrogen (secondary N) is 1. The van der Waals surface area contributed by atoms with Gasteiger partial charge in [0.05, 0.1) is 6.10 Å². The number of methoxy groups -OCH3 is 1. The second kappa shape index (κ2) is 7.41. The highest BCUT2D eigenvalue weighted by Gasteiger charge is 2.17. The van der Waals surface area contributed by atoms with Crippen molar-refractivity contribution in [2.45, 2.75) is 25.5 Å². The van der Waals surface area contributed by atoms with E-state index in [1.165, 1.54) is 6.07 Å². The van der Waals surface area contributed by atoms with Crippen molar-refractivity contribution >= 4 is 0 Å². The van der Waals surface area contributed by atoms with Gasteiger partial charge in [-0.05, 0) is 37.6 Å². The maximum atomic E-state index is 13.0. The molecule has 0 saturated heterocycles. The highest BCUT2D eigenvalue weighted by molar-refractivity contribution is 5.21. The fourth-order valence-electron chi connectivity index (χ4n) is 1.64. The zero-order chi connectivity index (χ0) is 13.5. The first-order valence-electron chi connectivity index (χ1n) is 5.91. The fraction of sp³-hybridized carbons (Fsp3) is 0.538. The van der Waals surface area contributed by atoms with Gasteiger partial charge in [0.2, 0.25) is 0 Å². The lowest BCUT2D eigenvalue weighted by Gasteiger charge is -2.20. The van der Waals surface area contributed by atoms with Gasteiger partial charge in [0.1, 0.15) is 0 Å². The summed E-state index contributed by atoms with van der Waals surface area (Å²) in [6.45, 7) is 3.12. The van der Waals surface area contributed by atoms with E-state index in [9.17, 15) is 13.9 Å². The molecular formula is C13H19F2NO2. The summed E-state index contributed by atoms with van der Waals surface area (Å²) in [5, 5.41) is 13.1. The van der Waals surface area contributed by atoms with Crippen molar-refractivity contribution < 1.29 is 18.6 Å². The van der Waals surface area contributed by atoms with E-state index in [-0.39, 0.29) is 6.04 Å². The molecule has 18 heavy (non-hydrogen) atoms. The van der Waals surface area contributed by atoms with Crippen molar-refractivity contribution in [1.82, 2.24) is 5.32 Å². The molecule has 0 heterocycles. The minimum absolute atomic E-state index is 0.244. The summed E-state index contributed by atoms with van der Waals surface area (Å²) in [5.74, 6) is -1.86. The highest BCUT2D eigenvalue weighted by Crippen LogP contribution is 2.19. The Balaban J connectivity index is 2.51. The number of benzene rings is 1. The number of hydrogen-bond acceptors (Lipinski definition) is 3. The maximum Gasteiger partial charge on any atom is 0.159 e. The van der Waals surface area contributed by atoms with Crippen LogP contribution < -0.4 is 5.32 Å². The SMILES string of the molecule is COCCCNC(C)C(O)c1ccc(F)c(F)c1. The van der Waals surface area contributed by atoms with Crippen LogP contribution in [0.1, 0.15) is 25.0 Å². The Morgan fingerprint density at radius 1 is 1.33 bits per heavy atom. The fourth-order valence-corrected chi connectivity index (χ4v) is 1.64. The molecule has 0 aliphatic carbocycles. The van der Waals surface area contributed by atoms with Crippen LogP contribution in [0.25, 0.3) is 0 Å². The van der Waals surface area contributed by atoms with Crippen LogP contribution >= 0.6 is 0 Å². The molecule has 0 bridgehead atoms. The lowest BCUT2D eigenvalue weighted by molar-refractivity contribution is 0.132. The van der Waals surface area contributed by atoms with Crippen molar-refractivity contribution in [2.24, 2.45) is 0 Å². The van der Waals surface area contributed by atoms with Crippen LogP contribution in [0.3, 0.4) is 0 Å². The van der Waals surface area contributed by atoms with E-state index in [1.807, 2.05) is 0 Å². The van der Waals surface area contributed by atoms with Gasteiger partial charge in [-0.2, -0.15) is 0 Å². The van der Waals surface area contributed by atoms with E-state index in [0.29, 0.717) is 18.7 Å². The summed E-state index contributed by atoms with van der Waals surface area (Å²) >= 11 is 0. The van der Waals surface area contributed by atoms with E-state index in [4.69, 9.17) is 4.74 Å². The maximum absolute atomic E-state index is 13.0. The van der Waals surface area contributed by atoms with Gasteiger partial charge >= 0.3 is 0 Å². The van der Waals surface area contributed by atoms with Crippen LogP contribution in [-0.2, 0) is 4.74 Å². The van der Waals surface area contributed by atoms with Crippen molar-refractivity contribution in [1.29, 1.82) is 0 Å². The molecule has 2 N–H and O–H groups in total. The Bertz CT molecular complexity index is 374. The first-order chi connectivity index (χ1) is 8.56. The van der Waals surface area contributed by atoms with Crippen LogP contribution in [-0.4, -0.2) is 31.4 Å². The van der Waals surface area contributed by atoms with Crippen LogP contribution in [0.15, 0.2) is 18.2 Å². The molecule has 2 unspecified atom stereocenters. The molecule has 5 heteroatoms. The normalized spacial score (nSPS) is 14.5. The van der Waals surface area contributed by atoms with Gasteiger partial charge in [-0.25, -0.2) is 8.78 Å². The molecule has 0 fully saturated rings. The molecule has 0 radical (unpaired) electrons. The number of halogens is 2. The first kappa shape index (κ1) is 15.0. The topological polar surface area (TPSA) is 41.5 Å². The summed E-state index contributed by atoms with van der Waals surface area (Å²) in [7, 11) is 1.62. The average molecular weight is 259 g/mol. The van der Waals surface area contributed by atoms with E-state index < -0.39 is 17.7 Å². The summed E-state index contributed by atoms with van der Waals surface area (Å²) in [4.78, 5) is 0. The lowest BCUT2D eigenvalue weighted by atomic mass is 10.0. The Kier molecular flexibility index (Phi) is 6.18. The average Bonchev–Trinajstić information content (AvgIpc) is 2.37. The quantitative estimate of drug-likeness (QED) is 0.736. The molecule has 2 atom stereocenters. The second-order valence-corrected chi connectivity index (χ2v) is 4.21. The van der Waals surface area contributed by atoms with Crippen molar-refractivity contribution in [2.75, 3.05) is 20.3 Å². The molecule has 0 amide bonds. The molecule has 1 rings (SSSR count).